The number of hydrogen-bond donors (Lipinski definition) is 1. The van der Waals surface area contributed by atoms with Gasteiger partial charge in [0.05, 0.1) is 37.0 Å². The molecule has 33 heavy (non-hydrogen) atoms. The van der Waals surface area contributed by atoms with Gasteiger partial charge in [0.25, 0.3) is 5.91 Å². The van der Waals surface area contributed by atoms with Gasteiger partial charge in [0.15, 0.2) is 5.65 Å². The van der Waals surface area contributed by atoms with Crippen LogP contribution in [-0.2, 0) is 11.4 Å². The molecule has 0 saturated carbocycles. The average Bonchev–Trinajstić information content (AvgIpc) is 3.34. The number of alkyl halides is 1. The molecule has 1 saturated heterocycles. The number of hydrogen-bond acceptors (Lipinski definition) is 6. The summed E-state index contributed by atoms with van der Waals surface area (Å²) in [5.41, 5.74) is 4.45. The monoisotopic (exact) mass is 446 g/mol. The minimum atomic E-state index is -0.619. The summed E-state index contributed by atoms with van der Waals surface area (Å²) in [7, 11) is 0. The van der Waals surface area contributed by atoms with Gasteiger partial charge in [-0.1, -0.05) is 12.1 Å². The van der Waals surface area contributed by atoms with Crippen molar-refractivity contribution >= 4 is 23.1 Å². The van der Waals surface area contributed by atoms with Gasteiger partial charge in [-0.15, -0.1) is 0 Å². The van der Waals surface area contributed by atoms with Crippen molar-refractivity contribution in [3.8, 4) is 11.3 Å². The van der Waals surface area contributed by atoms with E-state index in [0.29, 0.717) is 30.0 Å². The van der Waals surface area contributed by atoms with E-state index >= 15 is 0 Å². The third-order valence-corrected chi connectivity index (χ3v) is 5.64. The molecule has 4 heterocycles. The summed E-state index contributed by atoms with van der Waals surface area (Å²) in [6, 6.07) is 12.2. The molecule has 0 atom stereocenters. The van der Waals surface area contributed by atoms with Gasteiger partial charge in [0.1, 0.15) is 12.5 Å². The predicted octanol–water partition coefficient (Wildman–Crippen LogP) is 3.66. The number of anilines is 2. The molecule has 1 aromatic carbocycles. The molecular formula is C24H23FN6O2. The van der Waals surface area contributed by atoms with E-state index in [0.717, 1.165) is 41.5 Å². The van der Waals surface area contributed by atoms with E-state index < -0.39 is 6.67 Å². The highest BCUT2D eigenvalue weighted by molar-refractivity contribution is 6.04. The van der Waals surface area contributed by atoms with E-state index in [2.05, 4.69) is 20.3 Å². The van der Waals surface area contributed by atoms with Gasteiger partial charge in [-0.25, -0.2) is 9.37 Å². The van der Waals surface area contributed by atoms with Gasteiger partial charge in [0.2, 0.25) is 0 Å². The first-order valence-electron chi connectivity index (χ1n) is 10.7. The molecule has 8 nitrogen and oxygen atoms in total. The third-order valence-electron chi connectivity index (χ3n) is 5.64. The summed E-state index contributed by atoms with van der Waals surface area (Å²) < 4.78 is 20.3. The number of carbonyl (C=O) groups is 1. The Morgan fingerprint density at radius 3 is 2.85 bits per heavy atom. The molecule has 0 aliphatic carbocycles. The molecule has 0 unspecified atom stereocenters. The fourth-order valence-corrected chi connectivity index (χ4v) is 3.91. The number of ether oxygens (including phenoxy) is 1. The fraction of sp³-hybridized carbons (Fsp3) is 0.250. The molecule has 9 heteroatoms. The van der Waals surface area contributed by atoms with Crippen molar-refractivity contribution < 1.29 is 13.9 Å². The summed E-state index contributed by atoms with van der Waals surface area (Å²) in [4.78, 5) is 24.2. The smallest absolute Gasteiger partial charge is 0.255 e. The van der Waals surface area contributed by atoms with Crippen LogP contribution >= 0.6 is 0 Å². The minimum Gasteiger partial charge on any atom is -0.378 e. The summed E-state index contributed by atoms with van der Waals surface area (Å²) >= 11 is 0. The molecular weight excluding hydrogens is 423 g/mol. The number of rotatable bonds is 5. The van der Waals surface area contributed by atoms with Crippen LogP contribution < -0.4 is 10.2 Å². The number of amides is 1. The number of nitrogens with one attached hydrogen (secondary N) is 1. The lowest BCUT2D eigenvalue weighted by Gasteiger charge is -2.29. The number of carbonyl (C=O) groups excluding carboxylic acids is 1. The number of pyridine rings is 1. The molecule has 0 spiro atoms. The van der Waals surface area contributed by atoms with Gasteiger partial charge in [-0.05, 0) is 30.7 Å². The molecule has 168 valence electrons. The van der Waals surface area contributed by atoms with Crippen molar-refractivity contribution in [2.24, 2.45) is 0 Å². The minimum absolute atomic E-state index is 0.324. The summed E-state index contributed by atoms with van der Waals surface area (Å²) in [6.07, 6.45) is 3.33. The molecule has 5 rings (SSSR count). The number of aromatic nitrogens is 4. The SMILES string of the molecule is Cc1ncc(NC(=O)c2cccc(CF)c2)cc1-c1cc(N2CCOCC2)n2nccc2n1. The quantitative estimate of drug-likeness (QED) is 0.504. The molecule has 1 aliphatic heterocycles. The summed E-state index contributed by atoms with van der Waals surface area (Å²) in [6.45, 7) is 4.14. The number of halogens is 1. The highest BCUT2D eigenvalue weighted by Gasteiger charge is 2.18. The van der Waals surface area contributed by atoms with Crippen molar-refractivity contribution in [3.63, 3.8) is 0 Å². The zero-order valence-electron chi connectivity index (χ0n) is 18.2. The normalized spacial score (nSPS) is 13.9. The van der Waals surface area contributed by atoms with Crippen molar-refractivity contribution in [2.45, 2.75) is 13.6 Å². The van der Waals surface area contributed by atoms with E-state index in [9.17, 15) is 9.18 Å². The Hall–Kier alpha value is -3.85. The molecule has 4 aromatic rings. The van der Waals surface area contributed by atoms with Crippen molar-refractivity contribution in [1.29, 1.82) is 0 Å². The van der Waals surface area contributed by atoms with Crippen LogP contribution in [0.3, 0.4) is 0 Å². The maximum Gasteiger partial charge on any atom is 0.255 e. The van der Waals surface area contributed by atoms with E-state index in [-0.39, 0.29) is 5.91 Å². The van der Waals surface area contributed by atoms with Crippen molar-refractivity contribution in [3.05, 3.63) is 71.7 Å². The first-order valence-corrected chi connectivity index (χ1v) is 10.7. The molecule has 1 amide bonds. The summed E-state index contributed by atoms with van der Waals surface area (Å²) in [5.74, 6) is 0.607. The van der Waals surface area contributed by atoms with Crippen molar-refractivity contribution in [1.82, 2.24) is 19.6 Å². The first-order chi connectivity index (χ1) is 16.1. The Balaban J connectivity index is 1.49. The number of fused-ring (bicyclic) bond motifs is 1. The summed E-state index contributed by atoms with van der Waals surface area (Å²) in [5, 5.41) is 7.29. The molecule has 1 aliphatic rings. The van der Waals surface area contributed by atoms with Crippen LogP contribution in [-0.4, -0.2) is 51.8 Å². The van der Waals surface area contributed by atoms with E-state index in [1.807, 2.05) is 29.6 Å². The van der Waals surface area contributed by atoms with E-state index in [1.54, 1.807) is 36.7 Å². The Bertz CT molecular complexity index is 1320. The zero-order valence-corrected chi connectivity index (χ0v) is 18.2. The topological polar surface area (TPSA) is 84.7 Å². The second kappa shape index (κ2) is 8.95. The molecule has 0 bridgehead atoms. The first kappa shape index (κ1) is 21.0. The lowest BCUT2D eigenvalue weighted by atomic mass is 10.1. The molecule has 0 radical (unpaired) electrons. The van der Waals surface area contributed by atoms with Gasteiger partial charge in [-0.2, -0.15) is 9.61 Å². The second-order valence-electron chi connectivity index (χ2n) is 7.85. The average molecular weight is 446 g/mol. The molecule has 3 aromatic heterocycles. The van der Waals surface area contributed by atoms with Crippen LogP contribution in [0.5, 0.6) is 0 Å². The Morgan fingerprint density at radius 2 is 2.03 bits per heavy atom. The highest BCUT2D eigenvalue weighted by Crippen LogP contribution is 2.28. The number of benzene rings is 1. The van der Waals surface area contributed by atoms with Crippen LogP contribution in [0.25, 0.3) is 16.9 Å². The predicted molar refractivity (Wildman–Crippen MR) is 123 cm³/mol. The fourth-order valence-electron chi connectivity index (χ4n) is 3.91. The van der Waals surface area contributed by atoms with E-state index in [4.69, 9.17) is 9.72 Å². The number of aryl methyl sites for hydroxylation is 1. The largest absolute Gasteiger partial charge is 0.378 e. The van der Waals surface area contributed by atoms with Crippen LogP contribution in [0.4, 0.5) is 15.9 Å². The van der Waals surface area contributed by atoms with Gasteiger partial charge in [0, 0.05) is 42.0 Å². The second-order valence-corrected chi connectivity index (χ2v) is 7.85. The van der Waals surface area contributed by atoms with Gasteiger partial charge < -0.3 is 15.0 Å². The van der Waals surface area contributed by atoms with Crippen LogP contribution in [0, 0.1) is 6.92 Å². The maximum absolute atomic E-state index is 13.0. The number of nitrogens with zero attached hydrogens (tertiary/aromatic N) is 5. The van der Waals surface area contributed by atoms with Crippen LogP contribution in [0.15, 0.2) is 54.9 Å². The highest BCUT2D eigenvalue weighted by atomic mass is 19.1. The number of morpholine rings is 1. The maximum atomic E-state index is 13.0. The standard InChI is InChI=1S/C24H23FN6O2/c1-16-20(12-19(15-26-16)28-24(32)18-4-2-3-17(11-18)14-25)21-13-23(30-7-9-33-10-8-30)31-22(29-21)5-6-27-31/h2-6,11-13,15H,7-10,14H2,1H3,(H,28,32). The molecule has 1 fully saturated rings. The Morgan fingerprint density at radius 1 is 1.18 bits per heavy atom. The van der Waals surface area contributed by atoms with Crippen LogP contribution in [0.1, 0.15) is 21.6 Å². The molecule has 1 N–H and O–H groups in total. The van der Waals surface area contributed by atoms with Crippen LogP contribution in [0.2, 0.25) is 0 Å². The van der Waals surface area contributed by atoms with Gasteiger partial charge >= 0.3 is 0 Å². The lowest BCUT2D eigenvalue weighted by Crippen LogP contribution is -2.37. The Kier molecular flexibility index (Phi) is 5.70. The third kappa shape index (κ3) is 4.27. The lowest BCUT2D eigenvalue weighted by molar-refractivity contribution is 0.102. The van der Waals surface area contributed by atoms with E-state index in [1.165, 1.54) is 0 Å². The zero-order chi connectivity index (χ0) is 22.8. The van der Waals surface area contributed by atoms with Gasteiger partial charge in [-0.3, -0.25) is 9.78 Å². The van der Waals surface area contributed by atoms with Crippen molar-refractivity contribution in [2.75, 3.05) is 36.5 Å². The Labute approximate surface area is 190 Å².